The lowest BCUT2D eigenvalue weighted by molar-refractivity contribution is 0.313. The van der Waals surface area contributed by atoms with Gasteiger partial charge in [-0.05, 0) is 60.9 Å². The fourth-order valence-electron chi connectivity index (χ4n) is 2.17. The number of azide groups is 1. The summed E-state index contributed by atoms with van der Waals surface area (Å²) < 4.78 is 5.64. The largest absolute Gasteiger partial charge is 0.494 e. The number of aryl methyl sites for hydroxylation is 2. The van der Waals surface area contributed by atoms with Gasteiger partial charge in [-0.3, -0.25) is 0 Å². The van der Waals surface area contributed by atoms with Gasteiger partial charge in [0.1, 0.15) is 5.75 Å². The van der Waals surface area contributed by atoms with Crippen LogP contribution in [-0.4, -0.2) is 13.2 Å². The Bertz CT molecular complexity index is 425. The molecule has 0 fully saturated rings. The van der Waals surface area contributed by atoms with Crippen LogP contribution in [0.25, 0.3) is 10.4 Å². The number of nitrogens with zero attached hydrogens (tertiary/aromatic N) is 3. The van der Waals surface area contributed by atoms with E-state index in [-0.39, 0.29) is 0 Å². The molecule has 1 aromatic rings. The van der Waals surface area contributed by atoms with Gasteiger partial charge in [-0.15, -0.1) is 0 Å². The van der Waals surface area contributed by atoms with Crippen molar-refractivity contribution in [2.24, 2.45) is 5.11 Å². The fourth-order valence-corrected chi connectivity index (χ4v) is 2.17. The number of hydrogen-bond donors (Lipinski definition) is 0. The maximum atomic E-state index is 8.13. The molecule has 1 aliphatic carbocycles. The summed E-state index contributed by atoms with van der Waals surface area (Å²) >= 11 is 0. The summed E-state index contributed by atoms with van der Waals surface area (Å²) in [6.45, 7) is 1.11. The molecule has 90 valence electrons. The quantitative estimate of drug-likeness (QED) is 0.330. The van der Waals surface area contributed by atoms with E-state index in [1.54, 1.807) is 0 Å². The minimum Gasteiger partial charge on any atom is -0.494 e. The predicted molar refractivity (Wildman–Crippen MR) is 67.2 cm³/mol. The number of ether oxygens (including phenoxy) is 1. The highest BCUT2D eigenvalue weighted by Crippen LogP contribution is 2.25. The normalized spacial score (nSPS) is 13.6. The van der Waals surface area contributed by atoms with Gasteiger partial charge in [0.15, 0.2) is 0 Å². The van der Waals surface area contributed by atoms with Crippen molar-refractivity contribution in [3.8, 4) is 5.75 Å². The van der Waals surface area contributed by atoms with Crippen LogP contribution in [0.4, 0.5) is 0 Å². The number of hydrogen-bond acceptors (Lipinski definition) is 2. The lowest BCUT2D eigenvalue weighted by Crippen LogP contribution is -2.04. The molecule has 0 saturated carbocycles. The van der Waals surface area contributed by atoms with Gasteiger partial charge in [-0.1, -0.05) is 11.2 Å². The molecule has 0 bridgehead atoms. The Morgan fingerprint density at radius 1 is 1.24 bits per heavy atom. The van der Waals surface area contributed by atoms with Crippen LogP contribution in [0.1, 0.15) is 30.4 Å². The van der Waals surface area contributed by atoms with Crippen molar-refractivity contribution >= 4 is 0 Å². The van der Waals surface area contributed by atoms with E-state index in [2.05, 4.69) is 22.2 Å². The van der Waals surface area contributed by atoms with Crippen LogP contribution in [0.5, 0.6) is 5.75 Å². The topological polar surface area (TPSA) is 58.0 Å². The Labute approximate surface area is 101 Å². The van der Waals surface area contributed by atoms with Gasteiger partial charge >= 0.3 is 0 Å². The molecule has 0 heterocycles. The summed E-state index contributed by atoms with van der Waals surface area (Å²) in [6, 6.07) is 6.37. The van der Waals surface area contributed by atoms with Gasteiger partial charge < -0.3 is 4.74 Å². The summed E-state index contributed by atoms with van der Waals surface area (Å²) in [5, 5.41) is 3.47. The smallest absolute Gasteiger partial charge is 0.119 e. The molecule has 4 nitrogen and oxygen atoms in total. The van der Waals surface area contributed by atoms with Crippen LogP contribution in [0.3, 0.4) is 0 Å². The summed E-state index contributed by atoms with van der Waals surface area (Å²) in [6.07, 6.45) is 5.73. The number of rotatable bonds is 5. The zero-order valence-corrected chi connectivity index (χ0v) is 9.93. The first-order chi connectivity index (χ1) is 8.40. The highest BCUT2D eigenvalue weighted by atomic mass is 16.5. The van der Waals surface area contributed by atoms with Crippen LogP contribution in [-0.2, 0) is 12.8 Å². The molecule has 0 spiro atoms. The molecule has 0 amide bonds. The lowest BCUT2D eigenvalue weighted by atomic mass is 9.92. The molecule has 0 aromatic heterocycles. The van der Waals surface area contributed by atoms with E-state index in [1.165, 1.54) is 36.8 Å². The molecule has 1 aromatic carbocycles. The van der Waals surface area contributed by atoms with E-state index < -0.39 is 0 Å². The zero-order valence-electron chi connectivity index (χ0n) is 9.93. The highest BCUT2D eigenvalue weighted by Gasteiger charge is 2.09. The van der Waals surface area contributed by atoms with E-state index >= 15 is 0 Å². The molecule has 0 aliphatic heterocycles. The second-order valence-corrected chi connectivity index (χ2v) is 4.29. The minimum absolute atomic E-state index is 0.501. The molecule has 0 N–H and O–H groups in total. The van der Waals surface area contributed by atoms with E-state index in [0.29, 0.717) is 13.2 Å². The van der Waals surface area contributed by atoms with Crippen LogP contribution in [0, 0.1) is 0 Å². The number of benzene rings is 1. The second kappa shape index (κ2) is 6.16. The van der Waals surface area contributed by atoms with Gasteiger partial charge in [0.25, 0.3) is 0 Å². The first kappa shape index (κ1) is 11.8. The summed E-state index contributed by atoms with van der Waals surface area (Å²) in [5.74, 6) is 0.937. The van der Waals surface area contributed by atoms with Gasteiger partial charge in [0.2, 0.25) is 0 Å². The van der Waals surface area contributed by atoms with Crippen molar-refractivity contribution in [2.75, 3.05) is 13.2 Å². The molecule has 0 saturated heterocycles. The Kier molecular flexibility index (Phi) is 4.28. The first-order valence-corrected chi connectivity index (χ1v) is 6.15. The number of fused-ring (bicyclic) bond motifs is 1. The van der Waals surface area contributed by atoms with E-state index in [0.717, 1.165) is 12.2 Å². The van der Waals surface area contributed by atoms with Gasteiger partial charge in [-0.25, -0.2) is 0 Å². The summed E-state index contributed by atoms with van der Waals surface area (Å²) in [5.41, 5.74) is 11.0. The average molecular weight is 231 g/mol. The van der Waals surface area contributed by atoms with Crippen molar-refractivity contribution in [2.45, 2.75) is 32.1 Å². The molecule has 0 radical (unpaired) electrons. The molecule has 4 heteroatoms. The Balaban J connectivity index is 1.86. The average Bonchev–Trinajstić information content (AvgIpc) is 2.38. The summed E-state index contributed by atoms with van der Waals surface area (Å²) in [4.78, 5) is 2.71. The fraction of sp³-hybridized carbons (Fsp3) is 0.538. The van der Waals surface area contributed by atoms with Gasteiger partial charge in [0.05, 0.1) is 6.61 Å². The predicted octanol–water partition coefficient (Wildman–Crippen LogP) is 3.64. The lowest BCUT2D eigenvalue weighted by Gasteiger charge is -2.16. The van der Waals surface area contributed by atoms with Crippen molar-refractivity contribution in [3.63, 3.8) is 0 Å². The van der Waals surface area contributed by atoms with Gasteiger partial charge in [-0.2, -0.15) is 0 Å². The molecule has 1 aliphatic rings. The standard InChI is InChI=1S/C13H17N3O/c14-16-15-8-3-9-17-13-7-6-11-4-1-2-5-12(11)10-13/h6-7,10H,1-5,8-9H2. The van der Waals surface area contributed by atoms with Crippen molar-refractivity contribution in [3.05, 3.63) is 39.8 Å². The van der Waals surface area contributed by atoms with Crippen LogP contribution >= 0.6 is 0 Å². The Morgan fingerprint density at radius 3 is 2.88 bits per heavy atom. The third-order valence-corrected chi connectivity index (χ3v) is 3.05. The maximum absolute atomic E-state index is 8.13. The molecule has 17 heavy (non-hydrogen) atoms. The van der Waals surface area contributed by atoms with E-state index in [1.807, 2.05) is 6.07 Å². The van der Waals surface area contributed by atoms with Crippen LogP contribution < -0.4 is 4.74 Å². The van der Waals surface area contributed by atoms with Crippen molar-refractivity contribution < 1.29 is 4.74 Å². The zero-order chi connectivity index (χ0) is 11.9. The minimum atomic E-state index is 0.501. The molecule has 0 unspecified atom stereocenters. The van der Waals surface area contributed by atoms with Crippen molar-refractivity contribution in [1.29, 1.82) is 0 Å². The third kappa shape index (κ3) is 3.40. The van der Waals surface area contributed by atoms with Crippen molar-refractivity contribution in [1.82, 2.24) is 0 Å². The maximum Gasteiger partial charge on any atom is 0.119 e. The Hall–Kier alpha value is -1.67. The highest BCUT2D eigenvalue weighted by molar-refractivity contribution is 5.37. The molecule has 0 atom stereocenters. The van der Waals surface area contributed by atoms with E-state index in [9.17, 15) is 0 Å². The SMILES string of the molecule is [N-]=[N+]=NCCCOc1ccc2c(c1)CCCC2. The summed E-state index contributed by atoms with van der Waals surface area (Å²) in [7, 11) is 0. The third-order valence-electron chi connectivity index (χ3n) is 3.05. The molecular formula is C13H17N3O. The molecule has 2 rings (SSSR count). The van der Waals surface area contributed by atoms with Crippen LogP contribution in [0.15, 0.2) is 23.3 Å². The Morgan fingerprint density at radius 2 is 2.06 bits per heavy atom. The monoisotopic (exact) mass is 231 g/mol. The van der Waals surface area contributed by atoms with E-state index in [4.69, 9.17) is 10.3 Å². The molecular weight excluding hydrogens is 214 g/mol. The second-order valence-electron chi connectivity index (χ2n) is 4.29. The van der Waals surface area contributed by atoms with Gasteiger partial charge in [0, 0.05) is 11.5 Å². The van der Waals surface area contributed by atoms with Crippen LogP contribution in [0.2, 0.25) is 0 Å². The first-order valence-electron chi connectivity index (χ1n) is 6.15.